The molecular formula is C17H21F2N3O4S2. The fourth-order valence-corrected chi connectivity index (χ4v) is 5.25. The number of amides is 1. The summed E-state index contributed by atoms with van der Waals surface area (Å²) in [6, 6.07) is 1.98. The smallest absolute Gasteiger partial charge is 0.252 e. The number of hydrogen-bond acceptors (Lipinski definition) is 5. The van der Waals surface area contributed by atoms with Crippen LogP contribution in [-0.4, -0.2) is 56.3 Å². The van der Waals surface area contributed by atoms with Crippen molar-refractivity contribution in [1.29, 1.82) is 0 Å². The first-order valence-corrected chi connectivity index (χ1v) is 11.4. The summed E-state index contributed by atoms with van der Waals surface area (Å²) in [4.78, 5) is 17.1. The maximum Gasteiger partial charge on any atom is 0.252 e. The van der Waals surface area contributed by atoms with Gasteiger partial charge in [0.1, 0.15) is 5.82 Å². The summed E-state index contributed by atoms with van der Waals surface area (Å²) in [6.07, 6.45) is 2.20. The summed E-state index contributed by atoms with van der Waals surface area (Å²) in [7, 11) is -1.89. The monoisotopic (exact) mass is 433 g/mol. The summed E-state index contributed by atoms with van der Waals surface area (Å²) in [6.45, 7) is 0.956. The second-order valence-corrected chi connectivity index (χ2v) is 9.67. The van der Waals surface area contributed by atoms with Crippen LogP contribution in [-0.2, 0) is 26.1 Å². The zero-order valence-corrected chi connectivity index (χ0v) is 17.2. The minimum atomic E-state index is -3.39. The van der Waals surface area contributed by atoms with Crippen molar-refractivity contribution in [3.8, 4) is 0 Å². The van der Waals surface area contributed by atoms with Gasteiger partial charge in [0, 0.05) is 32.8 Å². The lowest BCUT2D eigenvalue weighted by molar-refractivity contribution is -0.122. The van der Waals surface area contributed by atoms with Crippen molar-refractivity contribution in [2.24, 2.45) is 10.9 Å². The third kappa shape index (κ3) is 4.48. The minimum absolute atomic E-state index is 0.0765. The Balaban J connectivity index is 2.00. The third-order valence-corrected chi connectivity index (χ3v) is 6.92. The Kier molecular flexibility index (Phi) is 6.28. The van der Waals surface area contributed by atoms with Gasteiger partial charge in [0.25, 0.3) is 5.91 Å². The number of ether oxygens (including phenoxy) is 1. The molecule has 28 heavy (non-hydrogen) atoms. The molecule has 0 spiro atoms. The normalized spacial score (nSPS) is 19.4. The number of methoxy groups -OCH3 is 1. The van der Waals surface area contributed by atoms with Gasteiger partial charge in [0.15, 0.2) is 10.6 Å². The topological polar surface area (TPSA) is 81.0 Å². The molecule has 1 aliphatic heterocycles. The fraction of sp³-hybridized carbons (Fsp3) is 0.529. The van der Waals surface area contributed by atoms with E-state index < -0.39 is 33.5 Å². The van der Waals surface area contributed by atoms with Crippen LogP contribution in [0.5, 0.6) is 0 Å². The predicted molar refractivity (Wildman–Crippen MR) is 101 cm³/mol. The molecule has 3 rings (SSSR count). The molecule has 1 saturated heterocycles. The van der Waals surface area contributed by atoms with Crippen LogP contribution in [0.2, 0.25) is 0 Å². The molecule has 2 aromatic rings. The zero-order valence-electron chi connectivity index (χ0n) is 15.5. The Labute approximate surface area is 165 Å². The van der Waals surface area contributed by atoms with E-state index in [1.54, 1.807) is 0 Å². The number of sulfonamides is 1. The van der Waals surface area contributed by atoms with Gasteiger partial charge in [-0.3, -0.25) is 4.79 Å². The molecule has 7 nitrogen and oxygen atoms in total. The molecule has 0 aliphatic carbocycles. The highest BCUT2D eigenvalue weighted by Crippen LogP contribution is 2.23. The first-order chi connectivity index (χ1) is 13.2. The number of fused-ring (bicyclic) bond motifs is 1. The van der Waals surface area contributed by atoms with Crippen LogP contribution in [0, 0.1) is 17.6 Å². The van der Waals surface area contributed by atoms with Gasteiger partial charge in [-0.15, -0.1) is 0 Å². The van der Waals surface area contributed by atoms with Crippen LogP contribution in [0.1, 0.15) is 12.8 Å². The van der Waals surface area contributed by atoms with Gasteiger partial charge >= 0.3 is 0 Å². The second-order valence-electron chi connectivity index (χ2n) is 6.67. The largest absolute Gasteiger partial charge is 0.383 e. The van der Waals surface area contributed by atoms with Crippen LogP contribution in [0.25, 0.3) is 10.2 Å². The highest BCUT2D eigenvalue weighted by Gasteiger charge is 2.30. The molecule has 1 aromatic heterocycles. The van der Waals surface area contributed by atoms with Crippen LogP contribution < -0.4 is 4.80 Å². The number of carbonyl (C=O) groups excluding carboxylic acids is 1. The van der Waals surface area contributed by atoms with Crippen molar-refractivity contribution < 1.29 is 26.7 Å². The first kappa shape index (κ1) is 21.0. The van der Waals surface area contributed by atoms with Crippen molar-refractivity contribution in [1.82, 2.24) is 8.87 Å². The number of hydrogen-bond donors (Lipinski definition) is 0. The lowest BCUT2D eigenvalue weighted by Gasteiger charge is -2.28. The van der Waals surface area contributed by atoms with E-state index in [1.807, 2.05) is 0 Å². The highest BCUT2D eigenvalue weighted by atomic mass is 32.2. The van der Waals surface area contributed by atoms with E-state index in [9.17, 15) is 22.0 Å². The highest BCUT2D eigenvalue weighted by molar-refractivity contribution is 7.88. The van der Waals surface area contributed by atoms with E-state index >= 15 is 0 Å². The number of carbonyl (C=O) groups is 1. The molecule has 0 saturated carbocycles. The van der Waals surface area contributed by atoms with E-state index in [0.29, 0.717) is 24.1 Å². The van der Waals surface area contributed by atoms with Crippen LogP contribution in [0.3, 0.4) is 0 Å². The summed E-state index contributed by atoms with van der Waals surface area (Å²) >= 11 is 1.01. The Hall–Kier alpha value is -1.69. The summed E-state index contributed by atoms with van der Waals surface area (Å²) < 4.78 is 59.6. The van der Waals surface area contributed by atoms with E-state index in [2.05, 4.69) is 4.99 Å². The molecule has 1 atom stereocenters. The average molecular weight is 434 g/mol. The Morgan fingerprint density at radius 3 is 2.82 bits per heavy atom. The Morgan fingerprint density at radius 2 is 2.14 bits per heavy atom. The zero-order chi connectivity index (χ0) is 20.5. The molecule has 0 bridgehead atoms. The summed E-state index contributed by atoms with van der Waals surface area (Å²) in [5.74, 6) is -2.48. The SMILES string of the molecule is COCCn1c(=NC(=O)C2CCCN(S(C)(=O)=O)C2)sc2cc(F)cc(F)c21. The molecule has 1 aliphatic rings. The van der Waals surface area contributed by atoms with Crippen LogP contribution >= 0.6 is 11.3 Å². The number of benzene rings is 1. The second kappa shape index (κ2) is 8.36. The summed E-state index contributed by atoms with van der Waals surface area (Å²) in [5.41, 5.74) is 0.163. The predicted octanol–water partition coefficient (Wildman–Crippen LogP) is 1.73. The minimum Gasteiger partial charge on any atom is -0.383 e. The van der Waals surface area contributed by atoms with Gasteiger partial charge in [-0.25, -0.2) is 21.5 Å². The number of thiazole rings is 1. The van der Waals surface area contributed by atoms with Gasteiger partial charge in [0.05, 0.1) is 29.0 Å². The maximum atomic E-state index is 14.3. The van der Waals surface area contributed by atoms with Crippen LogP contribution in [0.15, 0.2) is 17.1 Å². The van der Waals surface area contributed by atoms with E-state index in [-0.39, 0.29) is 30.0 Å². The van der Waals surface area contributed by atoms with Crippen molar-refractivity contribution in [2.45, 2.75) is 19.4 Å². The lowest BCUT2D eigenvalue weighted by Crippen LogP contribution is -2.41. The molecule has 1 fully saturated rings. The quantitative estimate of drug-likeness (QED) is 0.719. The van der Waals surface area contributed by atoms with Gasteiger partial charge in [-0.2, -0.15) is 4.99 Å². The standard InChI is InChI=1S/C17H21F2N3O4S2/c1-26-7-6-22-15-13(19)8-12(18)9-14(15)27-17(22)20-16(23)11-4-3-5-21(10-11)28(2,24)25/h8-9,11H,3-7,10H2,1-2H3. The van der Waals surface area contributed by atoms with Crippen molar-refractivity contribution in [2.75, 3.05) is 33.1 Å². The molecule has 1 unspecified atom stereocenters. The van der Waals surface area contributed by atoms with Crippen molar-refractivity contribution >= 4 is 37.5 Å². The summed E-state index contributed by atoms with van der Waals surface area (Å²) in [5, 5.41) is 0. The number of aromatic nitrogens is 1. The molecular weight excluding hydrogens is 412 g/mol. The third-order valence-electron chi connectivity index (χ3n) is 4.62. The number of piperidine rings is 1. The first-order valence-electron chi connectivity index (χ1n) is 8.71. The fourth-order valence-electron chi connectivity index (χ4n) is 3.24. The van der Waals surface area contributed by atoms with Gasteiger partial charge < -0.3 is 9.30 Å². The molecule has 11 heteroatoms. The molecule has 0 radical (unpaired) electrons. The molecule has 2 heterocycles. The van der Waals surface area contributed by atoms with Gasteiger partial charge in [-0.05, 0) is 18.9 Å². The average Bonchev–Trinajstić information content (AvgIpc) is 2.96. The van der Waals surface area contributed by atoms with Crippen molar-refractivity contribution in [3.05, 3.63) is 28.6 Å². The number of halogens is 2. The van der Waals surface area contributed by atoms with Gasteiger partial charge in [0.2, 0.25) is 10.0 Å². The molecule has 154 valence electrons. The van der Waals surface area contributed by atoms with E-state index in [4.69, 9.17) is 4.74 Å². The van der Waals surface area contributed by atoms with E-state index in [1.165, 1.54) is 22.0 Å². The van der Waals surface area contributed by atoms with Crippen LogP contribution in [0.4, 0.5) is 8.78 Å². The lowest BCUT2D eigenvalue weighted by atomic mass is 9.99. The maximum absolute atomic E-state index is 14.3. The van der Waals surface area contributed by atoms with E-state index in [0.717, 1.165) is 23.7 Å². The van der Waals surface area contributed by atoms with Gasteiger partial charge in [-0.1, -0.05) is 11.3 Å². The molecule has 1 aromatic carbocycles. The number of nitrogens with zero attached hydrogens (tertiary/aromatic N) is 3. The Morgan fingerprint density at radius 1 is 1.39 bits per heavy atom. The number of rotatable bonds is 5. The Bertz CT molecular complexity index is 1060. The van der Waals surface area contributed by atoms with Crippen molar-refractivity contribution in [3.63, 3.8) is 0 Å². The molecule has 0 N–H and O–H groups in total. The molecule has 1 amide bonds.